The van der Waals surface area contributed by atoms with Crippen LogP contribution in [0, 0.1) is 5.82 Å². The van der Waals surface area contributed by atoms with E-state index in [0.717, 1.165) is 6.07 Å². The molecule has 2 amide bonds. The van der Waals surface area contributed by atoms with Crippen molar-refractivity contribution >= 4 is 11.8 Å². The summed E-state index contributed by atoms with van der Waals surface area (Å²) >= 11 is 0. The molecule has 1 atom stereocenters. The molecule has 0 aliphatic carbocycles. The third-order valence-electron chi connectivity index (χ3n) is 4.30. The molecule has 9 heteroatoms. The lowest BCUT2D eigenvalue weighted by Gasteiger charge is -2.17. The number of hydrogen-bond donors (Lipinski definition) is 6. The minimum absolute atomic E-state index is 0.111. The molecule has 0 unspecified atom stereocenters. The fourth-order valence-corrected chi connectivity index (χ4v) is 2.73. The van der Waals surface area contributed by atoms with E-state index in [1.165, 1.54) is 30.3 Å². The van der Waals surface area contributed by atoms with Gasteiger partial charge in [0.15, 0.2) is 11.5 Å². The molecule has 2 rings (SSSR count). The van der Waals surface area contributed by atoms with Crippen molar-refractivity contribution in [3.05, 3.63) is 53.3 Å². The fourth-order valence-electron chi connectivity index (χ4n) is 2.73. The molecule has 8 nitrogen and oxygen atoms in total. The highest BCUT2D eigenvalue weighted by Crippen LogP contribution is 2.28. The highest BCUT2D eigenvalue weighted by molar-refractivity contribution is 5.98. The number of aromatic hydroxyl groups is 3. The molecule has 29 heavy (non-hydrogen) atoms. The van der Waals surface area contributed by atoms with E-state index in [0.29, 0.717) is 19.3 Å². The molecule has 0 aliphatic heterocycles. The van der Waals surface area contributed by atoms with Gasteiger partial charge in [-0.15, -0.1) is 0 Å². The van der Waals surface area contributed by atoms with Crippen LogP contribution in [-0.4, -0.2) is 51.4 Å². The summed E-state index contributed by atoms with van der Waals surface area (Å²) in [5.41, 5.74) is -0.528. The minimum Gasteiger partial charge on any atom is -0.507 e. The summed E-state index contributed by atoms with van der Waals surface area (Å²) in [4.78, 5) is 24.1. The monoisotopic (exact) mass is 406 g/mol. The van der Waals surface area contributed by atoms with Crippen molar-refractivity contribution in [2.24, 2.45) is 0 Å². The SMILES string of the molecule is O=C(N[C@H](CO)CCCCNC(=O)c1c(O)cccc1F)c1cccc(O)c1O. The molecule has 0 bridgehead atoms. The van der Waals surface area contributed by atoms with E-state index in [-0.39, 0.29) is 18.7 Å². The zero-order valence-electron chi connectivity index (χ0n) is 15.6. The van der Waals surface area contributed by atoms with Crippen LogP contribution in [-0.2, 0) is 0 Å². The van der Waals surface area contributed by atoms with E-state index in [4.69, 9.17) is 0 Å². The second kappa shape index (κ2) is 10.3. The van der Waals surface area contributed by atoms with Gasteiger partial charge in [-0.05, 0) is 43.5 Å². The zero-order valence-corrected chi connectivity index (χ0v) is 15.6. The number of halogens is 1. The first-order valence-electron chi connectivity index (χ1n) is 9.03. The highest BCUT2D eigenvalue weighted by atomic mass is 19.1. The summed E-state index contributed by atoms with van der Waals surface area (Å²) < 4.78 is 13.6. The summed E-state index contributed by atoms with van der Waals surface area (Å²) in [6.07, 6.45) is 1.41. The van der Waals surface area contributed by atoms with E-state index in [9.17, 15) is 34.4 Å². The van der Waals surface area contributed by atoms with Crippen LogP contribution < -0.4 is 10.6 Å². The lowest BCUT2D eigenvalue weighted by atomic mass is 10.1. The number of phenols is 3. The third kappa shape index (κ3) is 5.82. The van der Waals surface area contributed by atoms with E-state index >= 15 is 0 Å². The first kappa shape index (κ1) is 22.0. The van der Waals surface area contributed by atoms with E-state index < -0.39 is 46.5 Å². The van der Waals surface area contributed by atoms with Gasteiger partial charge in [0.1, 0.15) is 17.1 Å². The number of phenolic OH excluding ortho intramolecular Hbond substituents is 3. The van der Waals surface area contributed by atoms with Gasteiger partial charge in [0.05, 0.1) is 18.2 Å². The van der Waals surface area contributed by atoms with Crippen molar-refractivity contribution in [2.45, 2.75) is 25.3 Å². The Morgan fingerprint density at radius 1 is 0.966 bits per heavy atom. The molecule has 0 aliphatic rings. The number of rotatable bonds is 9. The average Bonchev–Trinajstić information content (AvgIpc) is 2.68. The van der Waals surface area contributed by atoms with Gasteiger partial charge in [-0.1, -0.05) is 12.1 Å². The predicted octanol–water partition coefficient (Wildman–Crippen LogP) is 1.63. The van der Waals surface area contributed by atoms with Crippen molar-refractivity contribution in [2.75, 3.05) is 13.2 Å². The largest absolute Gasteiger partial charge is 0.507 e. The lowest BCUT2D eigenvalue weighted by Crippen LogP contribution is -2.37. The molecule has 0 fully saturated rings. The van der Waals surface area contributed by atoms with Crippen molar-refractivity contribution in [3.63, 3.8) is 0 Å². The number of amides is 2. The molecular formula is C20H23FN2O6. The first-order chi connectivity index (χ1) is 13.8. The Balaban J connectivity index is 1.78. The van der Waals surface area contributed by atoms with Crippen LogP contribution in [0.1, 0.15) is 40.0 Å². The summed E-state index contributed by atoms with van der Waals surface area (Å²) in [6.45, 7) is -0.118. The topological polar surface area (TPSA) is 139 Å². The number of aliphatic hydroxyl groups excluding tert-OH is 1. The Bertz CT molecular complexity index is 854. The maximum absolute atomic E-state index is 13.6. The van der Waals surface area contributed by atoms with Gasteiger partial charge in [0, 0.05) is 6.54 Å². The van der Waals surface area contributed by atoms with Gasteiger partial charge in [0.25, 0.3) is 11.8 Å². The predicted molar refractivity (Wildman–Crippen MR) is 102 cm³/mol. The third-order valence-corrected chi connectivity index (χ3v) is 4.30. The van der Waals surface area contributed by atoms with Crippen LogP contribution in [0.25, 0.3) is 0 Å². The van der Waals surface area contributed by atoms with Crippen LogP contribution >= 0.6 is 0 Å². The number of aliphatic hydroxyl groups is 1. The molecule has 6 N–H and O–H groups in total. The van der Waals surface area contributed by atoms with Gasteiger partial charge in [-0.3, -0.25) is 9.59 Å². The molecular weight excluding hydrogens is 383 g/mol. The normalized spacial score (nSPS) is 11.7. The van der Waals surface area contributed by atoms with Gasteiger partial charge in [-0.25, -0.2) is 4.39 Å². The smallest absolute Gasteiger partial charge is 0.258 e. The summed E-state index contributed by atoms with van der Waals surface area (Å²) in [6, 6.07) is 6.99. The fraction of sp³-hybridized carbons (Fsp3) is 0.300. The number of carbonyl (C=O) groups excluding carboxylic acids is 2. The summed E-state index contributed by atoms with van der Waals surface area (Å²) in [5.74, 6) is -3.59. The van der Waals surface area contributed by atoms with Crippen LogP contribution in [0.3, 0.4) is 0 Å². The first-order valence-corrected chi connectivity index (χ1v) is 9.03. The molecule has 0 radical (unpaired) electrons. The molecule has 0 saturated heterocycles. The van der Waals surface area contributed by atoms with Gasteiger partial charge < -0.3 is 31.1 Å². The molecule has 156 valence electrons. The Morgan fingerprint density at radius 3 is 2.34 bits per heavy atom. The van der Waals surface area contributed by atoms with Crippen molar-refractivity contribution in [1.82, 2.24) is 10.6 Å². The highest BCUT2D eigenvalue weighted by Gasteiger charge is 2.18. The summed E-state index contributed by atoms with van der Waals surface area (Å²) in [7, 11) is 0. The van der Waals surface area contributed by atoms with Gasteiger partial charge in [0.2, 0.25) is 0 Å². The second-order valence-corrected chi connectivity index (χ2v) is 6.41. The average molecular weight is 406 g/mol. The molecule has 2 aromatic carbocycles. The van der Waals surface area contributed by atoms with Crippen LogP contribution in [0.5, 0.6) is 17.2 Å². The van der Waals surface area contributed by atoms with Gasteiger partial charge in [-0.2, -0.15) is 0 Å². The van der Waals surface area contributed by atoms with Crippen molar-refractivity contribution < 1.29 is 34.4 Å². The summed E-state index contributed by atoms with van der Waals surface area (Å²) in [5, 5.41) is 43.3. The Morgan fingerprint density at radius 2 is 1.66 bits per heavy atom. The van der Waals surface area contributed by atoms with Crippen molar-refractivity contribution in [3.8, 4) is 17.2 Å². The van der Waals surface area contributed by atoms with E-state index in [1.807, 2.05) is 0 Å². The van der Waals surface area contributed by atoms with E-state index in [1.54, 1.807) is 0 Å². The quantitative estimate of drug-likeness (QED) is 0.276. The number of benzene rings is 2. The number of nitrogens with one attached hydrogen (secondary N) is 2. The molecule has 2 aromatic rings. The van der Waals surface area contributed by atoms with Crippen LogP contribution in [0.2, 0.25) is 0 Å². The van der Waals surface area contributed by atoms with Gasteiger partial charge >= 0.3 is 0 Å². The number of hydrogen-bond acceptors (Lipinski definition) is 6. The second-order valence-electron chi connectivity index (χ2n) is 6.41. The minimum atomic E-state index is -0.819. The zero-order chi connectivity index (χ0) is 21.4. The number of unbranched alkanes of at least 4 members (excludes halogenated alkanes) is 1. The Kier molecular flexibility index (Phi) is 7.79. The number of carbonyl (C=O) groups is 2. The Labute approximate surface area is 166 Å². The molecule has 0 spiro atoms. The van der Waals surface area contributed by atoms with Crippen molar-refractivity contribution in [1.29, 1.82) is 0 Å². The molecule has 0 aromatic heterocycles. The molecule has 0 heterocycles. The standard InChI is InChI=1S/C20H23FN2O6/c21-14-7-4-8-15(25)17(14)20(29)22-10-2-1-5-12(11-24)23-19(28)13-6-3-9-16(26)18(13)27/h3-4,6-9,12,24-27H,1-2,5,10-11H2,(H,22,29)(H,23,28)/t12-/m0/s1. The molecule has 0 saturated carbocycles. The van der Waals surface area contributed by atoms with Crippen LogP contribution in [0.15, 0.2) is 36.4 Å². The maximum Gasteiger partial charge on any atom is 0.258 e. The Hall–Kier alpha value is -3.33. The lowest BCUT2D eigenvalue weighted by molar-refractivity contribution is 0.0908. The number of para-hydroxylation sites is 1. The van der Waals surface area contributed by atoms with E-state index in [2.05, 4.69) is 10.6 Å². The van der Waals surface area contributed by atoms with Crippen LogP contribution in [0.4, 0.5) is 4.39 Å². The maximum atomic E-state index is 13.6.